The molecule has 2 N–H and O–H groups in total. The van der Waals surface area contributed by atoms with Crippen molar-refractivity contribution in [2.24, 2.45) is 4.99 Å². The minimum absolute atomic E-state index is 0.0885. The van der Waals surface area contributed by atoms with E-state index in [2.05, 4.69) is 4.99 Å². The van der Waals surface area contributed by atoms with Crippen LogP contribution in [0.2, 0.25) is 0 Å². The normalized spacial score (nSPS) is 16.5. The van der Waals surface area contributed by atoms with Crippen molar-refractivity contribution >= 4 is 17.4 Å². The van der Waals surface area contributed by atoms with Gasteiger partial charge in [0.1, 0.15) is 11.3 Å². The predicted molar refractivity (Wildman–Crippen MR) is 79.3 cm³/mol. The van der Waals surface area contributed by atoms with Crippen molar-refractivity contribution in [3.05, 3.63) is 40.2 Å². The quantitative estimate of drug-likeness (QED) is 0.260. The highest BCUT2D eigenvalue weighted by Gasteiger charge is 2.40. The number of hydrogen-bond acceptors (Lipinski definition) is 3. The van der Waals surface area contributed by atoms with E-state index in [9.17, 15) is 41.4 Å². The molecule has 1 aromatic carbocycles. The Hall–Kier alpha value is -2.52. The van der Waals surface area contributed by atoms with Gasteiger partial charge in [-0.15, -0.1) is 0 Å². The third kappa shape index (κ3) is 3.83. The number of rotatable bonds is 5. The summed E-state index contributed by atoms with van der Waals surface area (Å²) in [6, 6.07) is -0.586. The highest BCUT2D eigenvalue weighted by Crippen LogP contribution is 2.38. The van der Waals surface area contributed by atoms with E-state index >= 15 is 0 Å². The molecule has 1 aromatic rings. The van der Waals surface area contributed by atoms with Crippen molar-refractivity contribution in [2.75, 3.05) is 0 Å². The summed E-state index contributed by atoms with van der Waals surface area (Å²) in [5.41, 5.74) is -5.16. The fourth-order valence-corrected chi connectivity index (χ4v) is 2.29. The lowest BCUT2D eigenvalue weighted by Crippen LogP contribution is -2.19. The van der Waals surface area contributed by atoms with Crippen LogP contribution in [0.3, 0.4) is 0 Å². The van der Waals surface area contributed by atoms with Crippen LogP contribution in [0.4, 0.5) is 26.3 Å². The van der Waals surface area contributed by atoms with Crippen LogP contribution in [-0.4, -0.2) is 27.9 Å². The van der Waals surface area contributed by atoms with E-state index in [1.165, 1.54) is 6.92 Å². The number of benzene rings is 1. The van der Waals surface area contributed by atoms with Crippen molar-refractivity contribution in [3.8, 4) is 0 Å². The second-order valence-corrected chi connectivity index (χ2v) is 5.60. The number of carboxylic acid groups (broad SMARTS) is 1. The molecule has 0 aromatic heterocycles. The van der Waals surface area contributed by atoms with Gasteiger partial charge in [0.2, 0.25) is 0 Å². The summed E-state index contributed by atoms with van der Waals surface area (Å²) < 4.78 is 80.0. The second kappa shape index (κ2) is 7.00. The van der Waals surface area contributed by atoms with Gasteiger partial charge in [-0.2, -0.15) is 13.2 Å². The number of nitrogens with zero attached hydrogens (tertiary/aromatic N) is 1. The molecular formula is C16H13F6NO3. The van der Waals surface area contributed by atoms with Gasteiger partial charge in [0.05, 0.1) is 22.9 Å². The smallest absolute Gasteiger partial charge is 0.417 e. The van der Waals surface area contributed by atoms with Crippen molar-refractivity contribution in [3.63, 3.8) is 0 Å². The molecule has 10 heteroatoms. The van der Waals surface area contributed by atoms with Gasteiger partial charge >= 0.3 is 12.1 Å². The number of carboxylic acids is 1. The lowest BCUT2D eigenvalue weighted by molar-refractivity contribution is -0.138. The number of alkyl halides is 3. The molecule has 142 valence electrons. The molecule has 1 aliphatic carbocycles. The van der Waals surface area contributed by atoms with E-state index in [4.69, 9.17) is 0 Å². The first-order valence-electron chi connectivity index (χ1n) is 7.47. The summed E-state index contributed by atoms with van der Waals surface area (Å²) in [7, 11) is 0. The third-order valence-corrected chi connectivity index (χ3v) is 3.66. The van der Waals surface area contributed by atoms with Crippen molar-refractivity contribution in [1.29, 1.82) is 0 Å². The second-order valence-electron chi connectivity index (χ2n) is 5.60. The van der Waals surface area contributed by atoms with Crippen LogP contribution in [-0.2, 0) is 11.0 Å². The first-order chi connectivity index (χ1) is 12.0. The monoisotopic (exact) mass is 381 g/mol. The zero-order chi connectivity index (χ0) is 19.8. The minimum Gasteiger partial charge on any atom is -0.506 e. The highest BCUT2D eigenvalue weighted by atomic mass is 19.4. The average molecular weight is 381 g/mol. The fourth-order valence-electron chi connectivity index (χ4n) is 2.29. The van der Waals surface area contributed by atoms with Crippen LogP contribution in [0.25, 0.3) is 5.76 Å². The van der Waals surface area contributed by atoms with Crippen LogP contribution in [0, 0.1) is 17.5 Å². The van der Waals surface area contributed by atoms with Crippen molar-refractivity contribution in [1.82, 2.24) is 0 Å². The topological polar surface area (TPSA) is 69.9 Å². The van der Waals surface area contributed by atoms with Gasteiger partial charge < -0.3 is 10.2 Å². The van der Waals surface area contributed by atoms with E-state index in [0.717, 1.165) is 0 Å². The van der Waals surface area contributed by atoms with Gasteiger partial charge in [-0.1, -0.05) is 6.92 Å². The first kappa shape index (κ1) is 19.8. The standard InChI is InChI=1S/C16H13F6NO3/c1-2-9(23-6-3-4-6)11(15(25)26)14(24)10-7(16(20,21)22)5-8(17)12(18)13(10)19/h5-6,24H,2-4H2,1H3,(H,25,26). The fraction of sp³-hybridized carbons (Fsp3) is 0.375. The Morgan fingerprint density at radius 2 is 1.77 bits per heavy atom. The van der Waals surface area contributed by atoms with Crippen molar-refractivity contribution in [2.45, 2.75) is 38.4 Å². The molecule has 0 radical (unpaired) electrons. The number of aliphatic hydroxyl groups is 1. The number of aliphatic imine (C=N–C) groups is 1. The number of halogens is 6. The van der Waals surface area contributed by atoms with E-state index in [1.54, 1.807) is 0 Å². The molecule has 0 bridgehead atoms. The van der Waals surface area contributed by atoms with Crippen LogP contribution in [0.1, 0.15) is 37.3 Å². The maximum atomic E-state index is 14.0. The molecule has 0 spiro atoms. The number of aliphatic carboxylic acids is 1. The largest absolute Gasteiger partial charge is 0.506 e. The van der Waals surface area contributed by atoms with Crippen molar-refractivity contribution < 1.29 is 41.4 Å². The van der Waals surface area contributed by atoms with Crippen LogP contribution in [0.15, 0.2) is 16.6 Å². The molecule has 1 aliphatic rings. The van der Waals surface area contributed by atoms with Gasteiger partial charge in [-0.3, -0.25) is 4.99 Å². The molecule has 0 aliphatic heterocycles. The summed E-state index contributed by atoms with van der Waals surface area (Å²) in [5.74, 6) is -10.3. The van der Waals surface area contributed by atoms with Gasteiger partial charge in [0.25, 0.3) is 0 Å². The zero-order valence-electron chi connectivity index (χ0n) is 13.3. The Morgan fingerprint density at radius 3 is 2.19 bits per heavy atom. The Kier molecular flexibility index (Phi) is 5.33. The summed E-state index contributed by atoms with van der Waals surface area (Å²) in [4.78, 5) is 15.5. The molecule has 1 saturated carbocycles. The molecule has 0 unspecified atom stereocenters. The number of carbonyl (C=O) groups is 1. The highest BCUT2D eigenvalue weighted by molar-refractivity contribution is 6.23. The maximum absolute atomic E-state index is 14.0. The molecular weight excluding hydrogens is 368 g/mol. The van der Waals surface area contributed by atoms with Crippen LogP contribution in [0.5, 0.6) is 0 Å². The molecule has 0 saturated heterocycles. The Balaban J connectivity index is 2.83. The maximum Gasteiger partial charge on any atom is 0.417 e. The summed E-state index contributed by atoms with van der Waals surface area (Å²) in [5, 5.41) is 19.4. The molecule has 26 heavy (non-hydrogen) atoms. The van der Waals surface area contributed by atoms with E-state index < -0.39 is 52.1 Å². The molecule has 1 fully saturated rings. The zero-order valence-corrected chi connectivity index (χ0v) is 13.3. The minimum atomic E-state index is -5.37. The first-order valence-corrected chi connectivity index (χ1v) is 7.47. The summed E-state index contributed by atoms with van der Waals surface area (Å²) >= 11 is 0. The lowest BCUT2D eigenvalue weighted by atomic mass is 9.97. The third-order valence-electron chi connectivity index (χ3n) is 3.66. The van der Waals surface area contributed by atoms with Gasteiger partial charge in [0.15, 0.2) is 17.5 Å². The number of hydrogen-bond donors (Lipinski definition) is 2. The van der Waals surface area contributed by atoms with E-state index in [1.807, 2.05) is 0 Å². The summed E-state index contributed by atoms with van der Waals surface area (Å²) in [6.07, 6.45) is -4.20. The average Bonchev–Trinajstić information content (AvgIpc) is 3.34. The van der Waals surface area contributed by atoms with E-state index in [-0.39, 0.29) is 24.2 Å². The Labute approximate surface area is 143 Å². The molecule has 0 atom stereocenters. The van der Waals surface area contributed by atoms with Crippen LogP contribution < -0.4 is 0 Å². The molecule has 0 heterocycles. The van der Waals surface area contributed by atoms with Gasteiger partial charge in [0, 0.05) is 0 Å². The number of aliphatic hydroxyl groups excluding tert-OH is 1. The van der Waals surface area contributed by atoms with Gasteiger partial charge in [-0.25, -0.2) is 18.0 Å². The SMILES string of the molecule is CCC(=NC1CC1)C(C(=O)O)=C(O)c1c(C(F)(F)F)cc(F)c(F)c1F. The lowest BCUT2D eigenvalue weighted by Gasteiger charge is -2.16. The van der Waals surface area contributed by atoms with Crippen LogP contribution >= 0.6 is 0 Å². The molecule has 2 rings (SSSR count). The van der Waals surface area contributed by atoms with Gasteiger partial charge in [-0.05, 0) is 25.3 Å². The Bertz CT molecular complexity index is 809. The predicted octanol–water partition coefficient (Wildman–Crippen LogP) is 4.49. The van der Waals surface area contributed by atoms with E-state index in [0.29, 0.717) is 12.8 Å². The summed E-state index contributed by atoms with van der Waals surface area (Å²) in [6.45, 7) is 1.43. The molecule has 0 amide bonds. The Morgan fingerprint density at radius 1 is 1.19 bits per heavy atom. The molecule has 4 nitrogen and oxygen atoms in total.